The number of nitrogens with one attached hydrogen (secondary N) is 1. The van der Waals surface area contributed by atoms with Crippen molar-refractivity contribution < 1.29 is 9.90 Å². The van der Waals surface area contributed by atoms with E-state index in [-0.39, 0.29) is 18.2 Å². The molecule has 5 heteroatoms. The molecule has 1 aliphatic rings. The van der Waals surface area contributed by atoms with E-state index >= 15 is 0 Å². The maximum atomic E-state index is 12.2. The van der Waals surface area contributed by atoms with Crippen LogP contribution in [0, 0.1) is 11.8 Å². The average Bonchev–Trinajstić information content (AvgIpc) is 3.28. The number of amides is 1. The molecule has 2 aromatic rings. The van der Waals surface area contributed by atoms with Gasteiger partial charge in [-0.1, -0.05) is 32.0 Å². The average molecular weight is 327 g/mol. The van der Waals surface area contributed by atoms with Gasteiger partial charge in [-0.15, -0.1) is 0 Å². The number of carbonyl (C=O) groups is 1. The van der Waals surface area contributed by atoms with E-state index in [1.807, 2.05) is 50.2 Å². The van der Waals surface area contributed by atoms with E-state index in [0.29, 0.717) is 5.82 Å². The highest BCUT2D eigenvalue weighted by atomic mass is 16.3. The summed E-state index contributed by atoms with van der Waals surface area (Å²) in [5, 5.41) is 17.5. The third-order valence-corrected chi connectivity index (χ3v) is 4.39. The summed E-state index contributed by atoms with van der Waals surface area (Å²) in [5.41, 5.74) is 1.92. The lowest BCUT2D eigenvalue weighted by Crippen LogP contribution is -2.24. The minimum Gasteiger partial charge on any atom is -0.392 e. The molecule has 5 nitrogen and oxygen atoms in total. The Kier molecular flexibility index (Phi) is 5.00. The van der Waals surface area contributed by atoms with Crippen molar-refractivity contribution in [3.05, 3.63) is 42.1 Å². The molecule has 1 amide bonds. The van der Waals surface area contributed by atoms with Crippen LogP contribution in [0.1, 0.15) is 38.8 Å². The van der Waals surface area contributed by atoms with Crippen molar-refractivity contribution in [2.75, 3.05) is 5.32 Å². The monoisotopic (exact) mass is 327 g/mol. The van der Waals surface area contributed by atoms with Crippen molar-refractivity contribution in [2.45, 2.75) is 45.6 Å². The fourth-order valence-electron chi connectivity index (χ4n) is 2.62. The van der Waals surface area contributed by atoms with Crippen LogP contribution >= 0.6 is 0 Å². The molecule has 1 aliphatic carbocycles. The van der Waals surface area contributed by atoms with E-state index < -0.39 is 6.10 Å². The molecule has 2 N–H and O–H groups in total. The first-order chi connectivity index (χ1) is 11.5. The van der Waals surface area contributed by atoms with Gasteiger partial charge in [0.15, 0.2) is 0 Å². The van der Waals surface area contributed by atoms with Crippen molar-refractivity contribution in [1.82, 2.24) is 9.78 Å². The minimum absolute atomic E-state index is 0.0558. The molecule has 0 aliphatic heterocycles. The van der Waals surface area contributed by atoms with Crippen molar-refractivity contribution in [3.63, 3.8) is 0 Å². The number of aromatic nitrogens is 2. The van der Waals surface area contributed by atoms with Crippen LogP contribution < -0.4 is 5.32 Å². The number of hydrogen-bond acceptors (Lipinski definition) is 3. The standard InChI is InChI=1S/C19H25N3O2/c1-13(2)17(23)12-19(24)20-18-11-15(10-14-8-9-14)21-22(18)16-6-4-3-5-7-16/h3-7,11,13-14,17,23H,8-10,12H2,1-2H3,(H,20,24). The van der Waals surface area contributed by atoms with Crippen LogP contribution in [-0.2, 0) is 11.2 Å². The first-order valence-electron chi connectivity index (χ1n) is 8.65. The number of para-hydroxylation sites is 1. The molecule has 1 heterocycles. The zero-order chi connectivity index (χ0) is 17.1. The SMILES string of the molecule is CC(C)C(O)CC(=O)Nc1cc(CC2CC2)nn1-c1ccccc1. The summed E-state index contributed by atoms with van der Waals surface area (Å²) in [7, 11) is 0. The number of benzene rings is 1. The molecule has 3 rings (SSSR count). The fourth-order valence-corrected chi connectivity index (χ4v) is 2.62. The number of anilines is 1. The van der Waals surface area contributed by atoms with Gasteiger partial charge in [-0.25, -0.2) is 4.68 Å². The Morgan fingerprint density at radius 2 is 2.04 bits per heavy atom. The zero-order valence-electron chi connectivity index (χ0n) is 14.3. The second-order valence-corrected chi connectivity index (χ2v) is 6.98. The van der Waals surface area contributed by atoms with Crippen LogP contribution in [0.5, 0.6) is 0 Å². The molecule has 1 unspecified atom stereocenters. The van der Waals surface area contributed by atoms with Crippen LogP contribution in [0.4, 0.5) is 5.82 Å². The number of hydrogen-bond donors (Lipinski definition) is 2. The van der Waals surface area contributed by atoms with Crippen LogP contribution in [0.25, 0.3) is 5.69 Å². The van der Waals surface area contributed by atoms with Gasteiger partial charge in [-0.2, -0.15) is 5.10 Å². The van der Waals surface area contributed by atoms with Gasteiger partial charge in [-0.3, -0.25) is 4.79 Å². The Bertz CT molecular complexity index is 690. The summed E-state index contributed by atoms with van der Waals surface area (Å²) in [5.74, 6) is 1.26. The van der Waals surface area contributed by atoms with Gasteiger partial charge >= 0.3 is 0 Å². The molecule has 1 fully saturated rings. The van der Waals surface area contributed by atoms with Gasteiger partial charge < -0.3 is 10.4 Å². The molecule has 0 radical (unpaired) electrons. The molecule has 1 aromatic carbocycles. The zero-order valence-corrected chi connectivity index (χ0v) is 14.3. The number of rotatable bonds is 7. The highest BCUT2D eigenvalue weighted by Gasteiger charge is 2.24. The molecule has 0 bridgehead atoms. The van der Waals surface area contributed by atoms with Crippen LogP contribution in [-0.4, -0.2) is 26.9 Å². The highest BCUT2D eigenvalue weighted by molar-refractivity contribution is 5.90. The molecule has 128 valence electrons. The number of carbonyl (C=O) groups excluding carboxylic acids is 1. The van der Waals surface area contributed by atoms with Crippen molar-refractivity contribution in [2.24, 2.45) is 11.8 Å². The number of aliphatic hydroxyl groups excluding tert-OH is 1. The van der Waals surface area contributed by atoms with Crippen molar-refractivity contribution in [1.29, 1.82) is 0 Å². The minimum atomic E-state index is -0.635. The van der Waals surface area contributed by atoms with Gasteiger partial charge in [0.25, 0.3) is 0 Å². The van der Waals surface area contributed by atoms with E-state index in [2.05, 4.69) is 10.4 Å². The van der Waals surface area contributed by atoms with E-state index in [1.54, 1.807) is 4.68 Å². The second kappa shape index (κ2) is 7.18. The first-order valence-corrected chi connectivity index (χ1v) is 8.65. The molecule has 0 spiro atoms. The predicted octanol–water partition coefficient (Wildman–Crippen LogP) is 3.17. The fraction of sp³-hybridized carbons (Fsp3) is 0.474. The van der Waals surface area contributed by atoms with Crippen LogP contribution in [0.15, 0.2) is 36.4 Å². The highest BCUT2D eigenvalue weighted by Crippen LogP contribution is 2.33. The quantitative estimate of drug-likeness (QED) is 0.821. The Labute approximate surface area is 142 Å². The first kappa shape index (κ1) is 16.7. The molecule has 24 heavy (non-hydrogen) atoms. The lowest BCUT2D eigenvalue weighted by Gasteiger charge is -2.14. The Morgan fingerprint density at radius 1 is 1.33 bits per heavy atom. The van der Waals surface area contributed by atoms with E-state index in [4.69, 9.17) is 0 Å². The molecular formula is C19H25N3O2. The molecule has 1 aromatic heterocycles. The van der Waals surface area contributed by atoms with Crippen molar-refractivity contribution in [3.8, 4) is 5.69 Å². The number of nitrogens with zero attached hydrogens (tertiary/aromatic N) is 2. The smallest absolute Gasteiger partial charge is 0.228 e. The normalized spacial score (nSPS) is 15.5. The van der Waals surface area contributed by atoms with Crippen LogP contribution in [0.2, 0.25) is 0 Å². The summed E-state index contributed by atoms with van der Waals surface area (Å²) in [6.45, 7) is 3.81. The molecular weight excluding hydrogens is 302 g/mol. The molecule has 1 saturated carbocycles. The van der Waals surface area contributed by atoms with Gasteiger partial charge in [0, 0.05) is 6.07 Å². The van der Waals surface area contributed by atoms with E-state index in [1.165, 1.54) is 12.8 Å². The van der Waals surface area contributed by atoms with Gasteiger partial charge in [0.2, 0.25) is 5.91 Å². The van der Waals surface area contributed by atoms with Gasteiger partial charge in [0.05, 0.1) is 23.9 Å². The maximum absolute atomic E-state index is 12.2. The Balaban J connectivity index is 1.79. The summed E-state index contributed by atoms with van der Waals surface area (Å²) in [6.07, 6.45) is 2.94. The summed E-state index contributed by atoms with van der Waals surface area (Å²) < 4.78 is 1.78. The topological polar surface area (TPSA) is 67.2 Å². The lowest BCUT2D eigenvalue weighted by atomic mass is 10.0. The predicted molar refractivity (Wildman–Crippen MR) is 94.1 cm³/mol. The summed E-state index contributed by atoms with van der Waals surface area (Å²) in [4.78, 5) is 12.2. The van der Waals surface area contributed by atoms with Gasteiger partial charge in [0.1, 0.15) is 5.82 Å². The van der Waals surface area contributed by atoms with Gasteiger partial charge in [-0.05, 0) is 43.2 Å². The summed E-state index contributed by atoms with van der Waals surface area (Å²) >= 11 is 0. The molecule has 0 saturated heterocycles. The Morgan fingerprint density at radius 3 is 2.67 bits per heavy atom. The Hall–Kier alpha value is -2.14. The lowest BCUT2D eigenvalue weighted by molar-refractivity contribution is -0.118. The number of aliphatic hydroxyl groups is 1. The van der Waals surface area contributed by atoms with Crippen LogP contribution in [0.3, 0.4) is 0 Å². The van der Waals surface area contributed by atoms with E-state index in [9.17, 15) is 9.90 Å². The summed E-state index contributed by atoms with van der Waals surface area (Å²) in [6, 6.07) is 11.7. The van der Waals surface area contributed by atoms with Crippen molar-refractivity contribution >= 4 is 11.7 Å². The third-order valence-electron chi connectivity index (χ3n) is 4.39. The second-order valence-electron chi connectivity index (χ2n) is 6.98. The maximum Gasteiger partial charge on any atom is 0.228 e. The molecule has 1 atom stereocenters. The third kappa shape index (κ3) is 4.23. The largest absolute Gasteiger partial charge is 0.392 e. The van der Waals surface area contributed by atoms with E-state index in [0.717, 1.165) is 23.7 Å².